The van der Waals surface area contributed by atoms with Crippen LogP contribution < -0.4 is 10.2 Å². The van der Waals surface area contributed by atoms with Crippen molar-refractivity contribution in [3.63, 3.8) is 0 Å². The van der Waals surface area contributed by atoms with Crippen molar-refractivity contribution in [3.05, 3.63) is 94.0 Å². The van der Waals surface area contributed by atoms with Crippen molar-refractivity contribution < 1.29 is 4.74 Å². The average Bonchev–Trinajstić information content (AvgIpc) is 2.62. The molecule has 3 aromatic rings. The highest BCUT2D eigenvalue weighted by atomic mass is 35.5. The van der Waals surface area contributed by atoms with Crippen molar-refractivity contribution in [2.45, 2.75) is 6.61 Å². The molecule has 3 rings (SSSR count). The first-order valence-electron chi connectivity index (χ1n) is 7.72. The summed E-state index contributed by atoms with van der Waals surface area (Å²) in [4.78, 5) is 0. The van der Waals surface area contributed by atoms with Gasteiger partial charge in [-0.1, -0.05) is 59.6 Å². The van der Waals surface area contributed by atoms with Gasteiger partial charge in [0.25, 0.3) is 0 Å². The summed E-state index contributed by atoms with van der Waals surface area (Å²) in [5.74, 6) is 0.735. The van der Waals surface area contributed by atoms with Crippen molar-refractivity contribution in [2.24, 2.45) is 5.10 Å². The molecular weight excluding hydrogens is 355 g/mol. The molecule has 25 heavy (non-hydrogen) atoms. The maximum atomic E-state index is 6.17. The van der Waals surface area contributed by atoms with Crippen LogP contribution in [0.1, 0.15) is 11.1 Å². The Morgan fingerprint density at radius 1 is 0.920 bits per heavy atom. The summed E-state index contributed by atoms with van der Waals surface area (Å²) in [6.07, 6.45) is 1.71. The van der Waals surface area contributed by atoms with E-state index in [1.807, 2.05) is 66.7 Å². The summed E-state index contributed by atoms with van der Waals surface area (Å²) in [5, 5.41) is 5.59. The number of hydrogen-bond acceptors (Lipinski definition) is 3. The second-order valence-corrected chi connectivity index (χ2v) is 6.14. The highest BCUT2D eigenvalue weighted by Gasteiger charge is 2.04. The highest BCUT2D eigenvalue weighted by Crippen LogP contribution is 2.21. The lowest BCUT2D eigenvalue weighted by atomic mass is 10.2. The fourth-order valence-corrected chi connectivity index (χ4v) is 2.60. The van der Waals surface area contributed by atoms with Crippen LogP contribution in [0.2, 0.25) is 10.0 Å². The van der Waals surface area contributed by atoms with Crippen LogP contribution in [0.5, 0.6) is 5.75 Å². The fourth-order valence-electron chi connectivity index (χ4n) is 2.22. The number of hydrogen-bond donors (Lipinski definition) is 1. The molecule has 0 saturated carbocycles. The summed E-state index contributed by atoms with van der Waals surface area (Å²) in [6.45, 7) is 0.395. The Bertz CT molecular complexity index is 881. The molecule has 0 amide bonds. The molecule has 3 aromatic carbocycles. The van der Waals surface area contributed by atoms with Crippen molar-refractivity contribution in [1.82, 2.24) is 0 Å². The van der Waals surface area contributed by atoms with Gasteiger partial charge in [0.2, 0.25) is 0 Å². The van der Waals surface area contributed by atoms with Gasteiger partial charge in [-0.25, -0.2) is 0 Å². The lowest BCUT2D eigenvalue weighted by Gasteiger charge is -2.10. The topological polar surface area (TPSA) is 33.6 Å². The van der Waals surface area contributed by atoms with E-state index in [2.05, 4.69) is 10.5 Å². The van der Waals surface area contributed by atoms with Gasteiger partial charge in [-0.15, -0.1) is 0 Å². The Hall–Kier alpha value is -2.49. The number of hydrazone groups is 1. The first kappa shape index (κ1) is 17.3. The molecule has 0 spiro atoms. The normalized spacial score (nSPS) is 10.8. The number of benzene rings is 3. The third-order valence-corrected chi connectivity index (χ3v) is 4.09. The molecule has 0 aliphatic heterocycles. The monoisotopic (exact) mass is 370 g/mol. The van der Waals surface area contributed by atoms with Crippen molar-refractivity contribution in [1.29, 1.82) is 0 Å². The van der Waals surface area contributed by atoms with Crippen LogP contribution in [0, 0.1) is 0 Å². The minimum Gasteiger partial charge on any atom is -0.488 e. The van der Waals surface area contributed by atoms with Crippen molar-refractivity contribution >= 4 is 35.1 Å². The second-order valence-electron chi connectivity index (χ2n) is 5.30. The Kier molecular flexibility index (Phi) is 5.94. The van der Waals surface area contributed by atoms with E-state index in [1.165, 1.54) is 0 Å². The number of nitrogens with zero attached hydrogens (tertiary/aromatic N) is 1. The number of anilines is 1. The van der Waals surface area contributed by atoms with Gasteiger partial charge in [-0.2, -0.15) is 5.10 Å². The molecule has 0 unspecified atom stereocenters. The lowest BCUT2D eigenvalue weighted by molar-refractivity contribution is 0.306. The molecule has 1 N–H and O–H groups in total. The Labute approximate surface area is 156 Å². The molecule has 0 aliphatic rings. The smallest absolute Gasteiger partial charge is 0.128 e. The standard InChI is InChI=1S/C20H16Cl2N2O/c21-17-8-5-9-18(12-17)24-23-13-15-6-2-4-11-20(15)25-14-16-7-1-3-10-19(16)22/h1-13,24H,14H2. The van der Waals surface area contributed by atoms with Gasteiger partial charge in [0.05, 0.1) is 11.9 Å². The predicted octanol–water partition coefficient (Wildman–Crippen LogP) is 6.02. The molecule has 5 heteroatoms. The number of nitrogens with one attached hydrogen (secondary N) is 1. The van der Waals surface area contributed by atoms with Gasteiger partial charge in [-0.3, -0.25) is 5.43 Å². The fraction of sp³-hybridized carbons (Fsp3) is 0.0500. The Morgan fingerprint density at radius 3 is 2.56 bits per heavy atom. The first-order valence-corrected chi connectivity index (χ1v) is 8.48. The van der Waals surface area contributed by atoms with Crippen molar-refractivity contribution in [3.8, 4) is 5.75 Å². The molecule has 0 saturated heterocycles. The number of ether oxygens (including phenoxy) is 1. The minimum absolute atomic E-state index is 0.395. The zero-order valence-corrected chi connectivity index (χ0v) is 14.8. The SMILES string of the molecule is Clc1cccc(NN=Cc2ccccc2OCc2ccccc2Cl)c1. The average molecular weight is 371 g/mol. The van der Waals surface area contributed by atoms with Crippen LogP contribution in [0.25, 0.3) is 0 Å². The highest BCUT2D eigenvalue weighted by molar-refractivity contribution is 6.31. The molecular formula is C20H16Cl2N2O. The van der Waals surface area contributed by atoms with Gasteiger partial charge in [0, 0.05) is 21.2 Å². The number of halogens is 2. The quantitative estimate of drug-likeness (QED) is 0.425. The van der Waals surface area contributed by atoms with Crippen LogP contribution in [-0.4, -0.2) is 6.21 Å². The van der Waals surface area contributed by atoms with Crippen LogP contribution in [0.15, 0.2) is 77.9 Å². The summed E-state index contributed by atoms with van der Waals surface area (Å²) >= 11 is 12.1. The molecule has 0 heterocycles. The maximum absolute atomic E-state index is 6.17. The zero-order valence-electron chi connectivity index (χ0n) is 13.3. The van der Waals surface area contributed by atoms with Crippen LogP contribution >= 0.6 is 23.2 Å². The van der Waals surface area contributed by atoms with Crippen LogP contribution in [-0.2, 0) is 6.61 Å². The van der Waals surface area contributed by atoms with Gasteiger partial charge in [0.1, 0.15) is 12.4 Å². The largest absolute Gasteiger partial charge is 0.488 e. The molecule has 3 nitrogen and oxygen atoms in total. The second kappa shape index (κ2) is 8.56. The summed E-state index contributed by atoms with van der Waals surface area (Å²) < 4.78 is 5.90. The molecule has 0 bridgehead atoms. The third-order valence-electron chi connectivity index (χ3n) is 3.48. The summed E-state index contributed by atoms with van der Waals surface area (Å²) in [7, 11) is 0. The van der Waals surface area contributed by atoms with E-state index in [1.54, 1.807) is 12.3 Å². The van der Waals surface area contributed by atoms with E-state index >= 15 is 0 Å². The molecule has 0 aliphatic carbocycles. The van der Waals surface area contributed by atoms with E-state index in [0.717, 1.165) is 22.6 Å². The minimum atomic E-state index is 0.395. The first-order chi connectivity index (χ1) is 12.2. The Morgan fingerprint density at radius 2 is 1.72 bits per heavy atom. The number of rotatable bonds is 6. The lowest BCUT2D eigenvalue weighted by Crippen LogP contribution is -1.99. The molecule has 0 fully saturated rings. The molecule has 126 valence electrons. The van der Waals surface area contributed by atoms with E-state index in [4.69, 9.17) is 27.9 Å². The summed E-state index contributed by atoms with van der Waals surface area (Å²) in [6, 6.07) is 22.7. The number of para-hydroxylation sites is 1. The van der Waals surface area contributed by atoms with E-state index in [9.17, 15) is 0 Å². The van der Waals surface area contributed by atoms with Crippen LogP contribution in [0.4, 0.5) is 5.69 Å². The zero-order chi connectivity index (χ0) is 17.5. The van der Waals surface area contributed by atoms with E-state index < -0.39 is 0 Å². The van der Waals surface area contributed by atoms with Gasteiger partial charge < -0.3 is 4.74 Å². The molecule has 0 aromatic heterocycles. The maximum Gasteiger partial charge on any atom is 0.128 e. The van der Waals surface area contributed by atoms with E-state index in [-0.39, 0.29) is 0 Å². The van der Waals surface area contributed by atoms with E-state index in [0.29, 0.717) is 16.7 Å². The Balaban J connectivity index is 1.68. The van der Waals surface area contributed by atoms with Gasteiger partial charge in [-0.05, 0) is 36.4 Å². The van der Waals surface area contributed by atoms with Crippen LogP contribution in [0.3, 0.4) is 0 Å². The predicted molar refractivity (Wildman–Crippen MR) is 105 cm³/mol. The van der Waals surface area contributed by atoms with Gasteiger partial charge >= 0.3 is 0 Å². The molecule has 0 radical (unpaired) electrons. The summed E-state index contributed by atoms with van der Waals surface area (Å²) in [5.41, 5.74) is 5.57. The third kappa shape index (κ3) is 4.99. The van der Waals surface area contributed by atoms with Crippen molar-refractivity contribution in [2.75, 3.05) is 5.43 Å². The van der Waals surface area contributed by atoms with Gasteiger partial charge in [0.15, 0.2) is 0 Å². The molecule has 0 atom stereocenters.